The maximum atomic E-state index is 13.6. The molecule has 0 radical (unpaired) electrons. The molecule has 2 aromatic rings. The van der Waals surface area contributed by atoms with Crippen molar-refractivity contribution >= 4 is 11.3 Å². The van der Waals surface area contributed by atoms with Gasteiger partial charge in [-0.15, -0.1) is 11.3 Å². The third-order valence-electron chi connectivity index (χ3n) is 3.36. The van der Waals surface area contributed by atoms with Gasteiger partial charge in [0.2, 0.25) is 0 Å². The molecule has 0 saturated carbocycles. The standard InChI is InChI=1S/C16H19F2NOS/c1-10(2)16(15-4-3-7-21-15)19-9-14(20)12-8-11(17)5-6-13(12)18/h3-8,10,14,16,19-20H,9H2,1-2H3. The Labute approximate surface area is 127 Å². The average molecular weight is 311 g/mol. The van der Waals surface area contributed by atoms with Gasteiger partial charge in [0, 0.05) is 23.0 Å². The fourth-order valence-electron chi connectivity index (χ4n) is 2.25. The van der Waals surface area contributed by atoms with E-state index in [0.717, 1.165) is 23.1 Å². The van der Waals surface area contributed by atoms with E-state index in [2.05, 4.69) is 19.2 Å². The number of rotatable bonds is 6. The zero-order valence-electron chi connectivity index (χ0n) is 12.0. The quantitative estimate of drug-likeness (QED) is 0.843. The predicted molar refractivity (Wildman–Crippen MR) is 81.2 cm³/mol. The number of aliphatic hydroxyl groups excluding tert-OH is 1. The molecule has 2 rings (SSSR count). The summed E-state index contributed by atoms with van der Waals surface area (Å²) >= 11 is 1.63. The van der Waals surface area contributed by atoms with Gasteiger partial charge < -0.3 is 10.4 Å². The van der Waals surface area contributed by atoms with Crippen LogP contribution in [-0.2, 0) is 0 Å². The van der Waals surface area contributed by atoms with Crippen molar-refractivity contribution in [1.82, 2.24) is 5.32 Å². The molecule has 0 fully saturated rings. The minimum atomic E-state index is -1.08. The molecule has 0 amide bonds. The second-order valence-corrected chi connectivity index (χ2v) is 6.31. The van der Waals surface area contributed by atoms with Crippen LogP contribution in [0.1, 0.15) is 36.4 Å². The molecular formula is C16H19F2NOS. The largest absolute Gasteiger partial charge is 0.387 e. The highest BCUT2D eigenvalue weighted by Gasteiger charge is 2.20. The zero-order valence-corrected chi connectivity index (χ0v) is 12.8. The van der Waals surface area contributed by atoms with Crippen LogP contribution in [0.3, 0.4) is 0 Å². The van der Waals surface area contributed by atoms with Gasteiger partial charge in [-0.1, -0.05) is 19.9 Å². The van der Waals surface area contributed by atoms with Crippen LogP contribution in [0.2, 0.25) is 0 Å². The first kappa shape index (κ1) is 16.1. The van der Waals surface area contributed by atoms with Gasteiger partial charge >= 0.3 is 0 Å². The molecule has 2 nitrogen and oxygen atoms in total. The van der Waals surface area contributed by atoms with Gasteiger partial charge in [0.05, 0.1) is 6.10 Å². The number of thiophene rings is 1. The lowest BCUT2D eigenvalue weighted by Gasteiger charge is -2.23. The third-order valence-corrected chi connectivity index (χ3v) is 4.32. The van der Waals surface area contributed by atoms with Gasteiger partial charge in [-0.25, -0.2) is 8.78 Å². The Balaban J connectivity index is 2.05. The number of aliphatic hydroxyl groups is 1. The van der Waals surface area contributed by atoms with E-state index in [4.69, 9.17) is 0 Å². The molecule has 2 N–H and O–H groups in total. The Kier molecular flexibility index (Phi) is 5.45. The van der Waals surface area contributed by atoms with Crippen LogP contribution in [-0.4, -0.2) is 11.7 Å². The van der Waals surface area contributed by atoms with E-state index in [-0.39, 0.29) is 18.2 Å². The summed E-state index contributed by atoms with van der Waals surface area (Å²) in [6.45, 7) is 4.32. The smallest absolute Gasteiger partial charge is 0.129 e. The highest BCUT2D eigenvalue weighted by atomic mass is 32.1. The molecular weight excluding hydrogens is 292 g/mol. The lowest BCUT2D eigenvalue weighted by molar-refractivity contribution is 0.161. The first-order chi connectivity index (χ1) is 9.99. The maximum absolute atomic E-state index is 13.6. The van der Waals surface area contributed by atoms with Gasteiger partial charge in [0.25, 0.3) is 0 Å². The normalized spacial score (nSPS) is 14.4. The van der Waals surface area contributed by atoms with Gasteiger partial charge in [-0.2, -0.15) is 0 Å². The van der Waals surface area contributed by atoms with E-state index < -0.39 is 17.7 Å². The summed E-state index contributed by atoms with van der Waals surface area (Å²) < 4.78 is 26.8. The topological polar surface area (TPSA) is 32.3 Å². The Bertz CT molecular complexity index is 572. The summed E-state index contributed by atoms with van der Waals surface area (Å²) in [6, 6.07) is 7.19. The highest BCUT2D eigenvalue weighted by Crippen LogP contribution is 2.27. The molecule has 0 spiro atoms. The van der Waals surface area contributed by atoms with Gasteiger partial charge in [0.15, 0.2) is 0 Å². The number of hydrogen-bond donors (Lipinski definition) is 2. The first-order valence-electron chi connectivity index (χ1n) is 6.89. The summed E-state index contributed by atoms with van der Waals surface area (Å²) in [5, 5.41) is 15.3. The van der Waals surface area contributed by atoms with E-state index in [0.29, 0.717) is 5.92 Å². The lowest BCUT2D eigenvalue weighted by atomic mass is 10.0. The monoisotopic (exact) mass is 311 g/mol. The summed E-state index contributed by atoms with van der Waals surface area (Å²) in [5.41, 5.74) is -0.0174. The summed E-state index contributed by atoms with van der Waals surface area (Å²) in [6.07, 6.45) is -1.08. The van der Waals surface area contributed by atoms with Crippen LogP contribution >= 0.6 is 11.3 Å². The highest BCUT2D eigenvalue weighted by molar-refractivity contribution is 7.10. The Morgan fingerprint density at radius 2 is 2.00 bits per heavy atom. The summed E-state index contributed by atoms with van der Waals surface area (Å²) in [4.78, 5) is 1.16. The Morgan fingerprint density at radius 3 is 2.62 bits per heavy atom. The van der Waals surface area contributed by atoms with Crippen LogP contribution in [0, 0.1) is 17.6 Å². The van der Waals surface area contributed by atoms with Crippen molar-refractivity contribution in [2.24, 2.45) is 5.92 Å². The van der Waals surface area contributed by atoms with Gasteiger partial charge in [0.1, 0.15) is 11.6 Å². The van der Waals surface area contributed by atoms with Crippen LogP contribution in [0.25, 0.3) is 0 Å². The van der Waals surface area contributed by atoms with Gasteiger partial charge in [-0.3, -0.25) is 0 Å². The van der Waals surface area contributed by atoms with Gasteiger partial charge in [-0.05, 0) is 35.6 Å². The first-order valence-corrected chi connectivity index (χ1v) is 7.76. The van der Waals surface area contributed by atoms with Crippen LogP contribution < -0.4 is 5.32 Å². The third kappa shape index (κ3) is 4.09. The molecule has 5 heteroatoms. The summed E-state index contributed by atoms with van der Waals surface area (Å²) in [7, 11) is 0. The number of halogens is 2. The molecule has 0 aliphatic heterocycles. The average Bonchev–Trinajstić information content (AvgIpc) is 2.95. The molecule has 114 valence electrons. The van der Waals surface area contributed by atoms with Crippen molar-refractivity contribution in [2.45, 2.75) is 26.0 Å². The molecule has 21 heavy (non-hydrogen) atoms. The molecule has 1 heterocycles. The predicted octanol–water partition coefficient (Wildman–Crippen LogP) is 4.05. The molecule has 2 unspecified atom stereocenters. The minimum absolute atomic E-state index is 0.0174. The van der Waals surface area contributed by atoms with Crippen molar-refractivity contribution in [1.29, 1.82) is 0 Å². The fourth-order valence-corrected chi connectivity index (χ4v) is 3.23. The lowest BCUT2D eigenvalue weighted by Crippen LogP contribution is -2.29. The van der Waals surface area contributed by atoms with Crippen LogP contribution in [0.5, 0.6) is 0 Å². The fraction of sp³-hybridized carbons (Fsp3) is 0.375. The second kappa shape index (κ2) is 7.11. The Hall–Kier alpha value is -1.30. The van der Waals surface area contributed by atoms with E-state index in [1.165, 1.54) is 0 Å². The van der Waals surface area contributed by atoms with Crippen molar-refractivity contribution in [3.8, 4) is 0 Å². The molecule has 2 atom stereocenters. The minimum Gasteiger partial charge on any atom is -0.387 e. The van der Waals surface area contributed by atoms with Crippen LogP contribution in [0.4, 0.5) is 8.78 Å². The number of nitrogens with one attached hydrogen (secondary N) is 1. The van der Waals surface area contributed by atoms with Crippen molar-refractivity contribution in [3.63, 3.8) is 0 Å². The van der Waals surface area contributed by atoms with E-state index in [1.54, 1.807) is 11.3 Å². The van der Waals surface area contributed by atoms with E-state index in [9.17, 15) is 13.9 Å². The maximum Gasteiger partial charge on any atom is 0.129 e. The van der Waals surface area contributed by atoms with Crippen molar-refractivity contribution in [2.75, 3.05) is 6.54 Å². The number of benzene rings is 1. The molecule has 1 aromatic carbocycles. The zero-order chi connectivity index (χ0) is 15.4. The molecule has 0 aliphatic rings. The SMILES string of the molecule is CC(C)C(NCC(O)c1cc(F)ccc1F)c1cccs1. The molecule has 0 saturated heterocycles. The van der Waals surface area contributed by atoms with E-state index >= 15 is 0 Å². The molecule has 0 bridgehead atoms. The summed E-state index contributed by atoms with van der Waals surface area (Å²) in [5.74, 6) is -0.819. The second-order valence-electron chi connectivity index (χ2n) is 5.33. The van der Waals surface area contributed by atoms with Crippen molar-refractivity contribution in [3.05, 3.63) is 57.8 Å². The Morgan fingerprint density at radius 1 is 1.24 bits per heavy atom. The van der Waals surface area contributed by atoms with Crippen molar-refractivity contribution < 1.29 is 13.9 Å². The van der Waals surface area contributed by atoms with Crippen LogP contribution in [0.15, 0.2) is 35.7 Å². The molecule has 1 aromatic heterocycles. The number of hydrogen-bond acceptors (Lipinski definition) is 3. The molecule has 0 aliphatic carbocycles. The van der Waals surface area contributed by atoms with E-state index in [1.807, 2.05) is 17.5 Å².